The molecule has 1 saturated heterocycles. The lowest BCUT2D eigenvalue weighted by molar-refractivity contribution is -0.121. The van der Waals surface area contributed by atoms with E-state index in [1.165, 1.54) is 5.56 Å². The Bertz CT molecular complexity index is 607. The number of benzene rings is 1. The van der Waals surface area contributed by atoms with Crippen molar-refractivity contribution >= 4 is 17.5 Å². The summed E-state index contributed by atoms with van der Waals surface area (Å²) in [4.78, 5) is 23.4. The zero-order valence-electron chi connectivity index (χ0n) is 13.0. The van der Waals surface area contributed by atoms with Gasteiger partial charge in [0.1, 0.15) is 5.71 Å². The Morgan fingerprint density at radius 1 is 1.22 bits per heavy atom. The van der Waals surface area contributed by atoms with Gasteiger partial charge in [-0.15, -0.1) is 0 Å². The number of hydrazone groups is 1. The van der Waals surface area contributed by atoms with Gasteiger partial charge in [0.15, 0.2) is 0 Å². The smallest absolute Gasteiger partial charge is 0.267 e. The minimum Gasteiger partial charge on any atom is -0.381 e. The Morgan fingerprint density at radius 2 is 1.96 bits per heavy atom. The van der Waals surface area contributed by atoms with Crippen molar-refractivity contribution in [2.75, 3.05) is 19.8 Å². The lowest BCUT2D eigenvalue weighted by Crippen LogP contribution is -2.47. The molecule has 0 aliphatic carbocycles. The summed E-state index contributed by atoms with van der Waals surface area (Å²) in [5, 5.41) is 6.85. The van der Waals surface area contributed by atoms with E-state index >= 15 is 0 Å². The molecule has 2 heterocycles. The molecule has 0 atom stereocenters. The molecule has 2 aliphatic heterocycles. The van der Waals surface area contributed by atoms with Crippen molar-refractivity contribution in [2.45, 2.75) is 31.1 Å². The van der Waals surface area contributed by atoms with Crippen molar-refractivity contribution in [3.8, 4) is 0 Å². The van der Waals surface area contributed by atoms with Gasteiger partial charge in [-0.25, -0.2) is 5.43 Å². The first-order valence-electron chi connectivity index (χ1n) is 7.96. The van der Waals surface area contributed by atoms with Crippen LogP contribution in [0.1, 0.15) is 31.2 Å². The Balaban J connectivity index is 1.70. The summed E-state index contributed by atoms with van der Waals surface area (Å²) in [6.07, 6.45) is 2.45. The maximum absolute atomic E-state index is 12.3. The number of carbonyl (C=O) groups is 2. The molecule has 0 saturated carbocycles. The van der Waals surface area contributed by atoms with E-state index in [9.17, 15) is 9.59 Å². The largest absolute Gasteiger partial charge is 0.381 e. The molecule has 122 valence electrons. The van der Waals surface area contributed by atoms with Crippen molar-refractivity contribution in [1.82, 2.24) is 10.7 Å². The van der Waals surface area contributed by atoms with Crippen LogP contribution in [-0.2, 0) is 19.7 Å². The first kappa shape index (κ1) is 15.7. The molecule has 1 aromatic rings. The predicted octanol–water partition coefficient (Wildman–Crippen LogP) is 1.12. The van der Waals surface area contributed by atoms with Crippen LogP contribution in [0.2, 0.25) is 0 Å². The lowest BCUT2D eigenvalue weighted by Gasteiger charge is -2.38. The average Bonchev–Trinajstić information content (AvgIpc) is 2.62. The Kier molecular flexibility index (Phi) is 4.71. The molecular weight excluding hydrogens is 294 g/mol. The molecule has 0 unspecified atom stereocenters. The number of rotatable bonds is 4. The first-order valence-corrected chi connectivity index (χ1v) is 7.96. The van der Waals surface area contributed by atoms with Crippen LogP contribution in [0.4, 0.5) is 0 Å². The summed E-state index contributed by atoms with van der Waals surface area (Å²) in [5.41, 5.74) is 3.87. The summed E-state index contributed by atoms with van der Waals surface area (Å²) in [7, 11) is 0. The predicted molar refractivity (Wildman–Crippen MR) is 86.0 cm³/mol. The van der Waals surface area contributed by atoms with E-state index in [0.29, 0.717) is 38.3 Å². The van der Waals surface area contributed by atoms with E-state index < -0.39 is 0 Å². The number of nitrogens with one attached hydrogen (secondary N) is 2. The first-order chi connectivity index (χ1) is 11.2. The van der Waals surface area contributed by atoms with Crippen LogP contribution in [0.5, 0.6) is 0 Å². The van der Waals surface area contributed by atoms with Crippen LogP contribution in [0.3, 0.4) is 0 Å². The van der Waals surface area contributed by atoms with E-state index in [-0.39, 0.29) is 17.2 Å². The van der Waals surface area contributed by atoms with Gasteiger partial charge in [0.2, 0.25) is 5.91 Å². The summed E-state index contributed by atoms with van der Waals surface area (Å²) in [5.74, 6) is -0.349. The van der Waals surface area contributed by atoms with E-state index in [2.05, 4.69) is 28.0 Å². The number of nitrogens with zero attached hydrogens (tertiary/aromatic N) is 1. The van der Waals surface area contributed by atoms with Crippen molar-refractivity contribution < 1.29 is 14.3 Å². The minimum absolute atomic E-state index is 0.104. The summed E-state index contributed by atoms with van der Waals surface area (Å²) >= 11 is 0. The number of hydrogen-bond donors (Lipinski definition) is 2. The quantitative estimate of drug-likeness (QED) is 0.874. The van der Waals surface area contributed by atoms with Crippen LogP contribution >= 0.6 is 0 Å². The normalized spacial score (nSPS) is 20.3. The Hall–Kier alpha value is -2.21. The lowest BCUT2D eigenvalue weighted by atomic mass is 9.74. The molecule has 2 N–H and O–H groups in total. The molecular formula is C17H21N3O3. The molecule has 23 heavy (non-hydrogen) atoms. The van der Waals surface area contributed by atoms with E-state index in [0.717, 1.165) is 12.8 Å². The fourth-order valence-electron chi connectivity index (χ4n) is 3.11. The molecule has 6 nitrogen and oxygen atoms in total. The second-order valence-corrected chi connectivity index (χ2v) is 6.03. The maximum Gasteiger partial charge on any atom is 0.267 e. The Morgan fingerprint density at radius 3 is 2.61 bits per heavy atom. The number of amides is 2. The summed E-state index contributed by atoms with van der Waals surface area (Å²) < 4.78 is 5.50. The van der Waals surface area contributed by atoms with Crippen molar-refractivity contribution in [1.29, 1.82) is 0 Å². The minimum atomic E-state index is -0.202. The zero-order chi connectivity index (χ0) is 16.1. The highest BCUT2D eigenvalue weighted by Crippen LogP contribution is 2.34. The van der Waals surface area contributed by atoms with E-state index in [4.69, 9.17) is 4.74 Å². The monoisotopic (exact) mass is 315 g/mol. The molecule has 0 radical (unpaired) electrons. The van der Waals surface area contributed by atoms with Gasteiger partial charge >= 0.3 is 0 Å². The van der Waals surface area contributed by atoms with Gasteiger partial charge in [-0.1, -0.05) is 30.3 Å². The highest BCUT2D eigenvalue weighted by molar-refractivity contribution is 6.39. The van der Waals surface area contributed by atoms with Crippen LogP contribution in [0.15, 0.2) is 35.4 Å². The van der Waals surface area contributed by atoms with Crippen LogP contribution in [0, 0.1) is 0 Å². The molecule has 3 rings (SSSR count). The average molecular weight is 315 g/mol. The van der Waals surface area contributed by atoms with Gasteiger partial charge < -0.3 is 10.1 Å². The molecule has 1 fully saturated rings. The molecule has 1 aromatic carbocycles. The summed E-state index contributed by atoms with van der Waals surface area (Å²) in [6, 6.07) is 10.3. The second-order valence-electron chi connectivity index (χ2n) is 6.03. The molecule has 0 spiro atoms. The van der Waals surface area contributed by atoms with Gasteiger partial charge in [0, 0.05) is 38.0 Å². The molecule has 0 aromatic heterocycles. The standard InChI is InChI=1S/C17H21N3O3/c21-15-7-6-14(19-20-15)16(22)18-12-17(8-10-23-11-9-17)13-4-2-1-3-5-13/h1-5H,6-12H2,(H,18,22)(H,20,21). The SMILES string of the molecule is O=C1CCC(C(=O)NCC2(c3ccccc3)CCOCC2)=NN1. The molecule has 6 heteroatoms. The zero-order valence-corrected chi connectivity index (χ0v) is 13.0. The highest BCUT2D eigenvalue weighted by Gasteiger charge is 2.35. The van der Waals surface area contributed by atoms with Crippen LogP contribution < -0.4 is 10.7 Å². The van der Waals surface area contributed by atoms with Crippen molar-refractivity contribution in [3.05, 3.63) is 35.9 Å². The van der Waals surface area contributed by atoms with Crippen molar-refractivity contribution in [3.63, 3.8) is 0 Å². The molecule has 0 bridgehead atoms. The summed E-state index contributed by atoms with van der Waals surface area (Å²) in [6.45, 7) is 1.94. The molecule has 2 amide bonds. The number of ether oxygens (including phenoxy) is 1. The van der Waals surface area contributed by atoms with E-state index in [1.54, 1.807) is 0 Å². The topological polar surface area (TPSA) is 79.8 Å². The van der Waals surface area contributed by atoms with Gasteiger partial charge in [-0.3, -0.25) is 9.59 Å². The maximum atomic E-state index is 12.3. The van der Waals surface area contributed by atoms with Gasteiger partial charge in [-0.05, 0) is 18.4 Å². The number of hydrogen-bond acceptors (Lipinski definition) is 4. The van der Waals surface area contributed by atoms with Gasteiger partial charge in [0.25, 0.3) is 5.91 Å². The van der Waals surface area contributed by atoms with Crippen molar-refractivity contribution in [2.24, 2.45) is 5.10 Å². The third kappa shape index (κ3) is 3.59. The van der Waals surface area contributed by atoms with Gasteiger partial charge in [0.05, 0.1) is 0 Å². The highest BCUT2D eigenvalue weighted by atomic mass is 16.5. The second kappa shape index (κ2) is 6.91. The number of carbonyl (C=O) groups excluding carboxylic acids is 2. The Labute approximate surface area is 135 Å². The third-order valence-corrected chi connectivity index (χ3v) is 4.59. The fourth-order valence-corrected chi connectivity index (χ4v) is 3.11. The van der Waals surface area contributed by atoms with Gasteiger partial charge in [-0.2, -0.15) is 5.10 Å². The van der Waals surface area contributed by atoms with Crippen LogP contribution in [0.25, 0.3) is 0 Å². The van der Waals surface area contributed by atoms with Crippen LogP contribution in [-0.4, -0.2) is 37.3 Å². The van der Waals surface area contributed by atoms with E-state index in [1.807, 2.05) is 18.2 Å². The molecule has 2 aliphatic rings. The fraction of sp³-hybridized carbons (Fsp3) is 0.471. The third-order valence-electron chi connectivity index (χ3n) is 4.59.